The summed E-state index contributed by atoms with van der Waals surface area (Å²) in [6, 6.07) is 4.33. The summed E-state index contributed by atoms with van der Waals surface area (Å²) in [5.41, 5.74) is 2.62. The lowest BCUT2D eigenvalue weighted by Crippen LogP contribution is -1.82. The first-order chi connectivity index (χ1) is 6.24. The van der Waals surface area contributed by atoms with Crippen LogP contribution >= 0.6 is 45.5 Å². The van der Waals surface area contributed by atoms with Gasteiger partial charge in [0.15, 0.2) is 0 Å². The Kier molecular flexibility index (Phi) is 2.81. The molecule has 68 valence electrons. The summed E-state index contributed by atoms with van der Waals surface area (Å²) in [5.74, 6) is 0.612. The van der Waals surface area contributed by atoms with Crippen molar-refractivity contribution in [2.24, 2.45) is 0 Å². The van der Waals surface area contributed by atoms with Gasteiger partial charge in [-0.15, -0.1) is 22.9 Å². The highest BCUT2D eigenvalue weighted by Gasteiger charge is 2.07. The van der Waals surface area contributed by atoms with E-state index in [1.54, 1.807) is 11.3 Å². The molecule has 0 nitrogen and oxygen atoms in total. The highest BCUT2D eigenvalue weighted by molar-refractivity contribution is 14.1. The average molecular weight is 323 g/mol. The molecular weight excluding hydrogens is 315 g/mol. The van der Waals surface area contributed by atoms with Crippen LogP contribution in [0.4, 0.5) is 0 Å². The fourth-order valence-electron chi connectivity index (χ4n) is 1.45. The second-order valence-electron chi connectivity index (χ2n) is 2.94. The van der Waals surface area contributed by atoms with Gasteiger partial charge in [-0.3, -0.25) is 0 Å². The molecule has 1 aromatic carbocycles. The monoisotopic (exact) mass is 322 g/mol. The van der Waals surface area contributed by atoms with Gasteiger partial charge in [-0.25, -0.2) is 0 Å². The van der Waals surface area contributed by atoms with Gasteiger partial charge >= 0.3 is 0 Å². The Morgan fingerprint density at radius 1 is 1.46 bits per heavy atom. The minimum atomic E-state index is 0.612. The maximum Gasteiger partial charge on any atom is 0.0488 e. The van der Waals surface area contributed by atoms with Crippen molar-refractivity contribution in [2.75, 3.05) is 0 Å². The third-order valence-corrected chi connectivity index (χ3v) is 4.61. The first kappa shape index (κ1) is 9.74. The number of rotatable bonds is 1. The van der Waals surface area contributed by atoms with Crippen LogP contribution in [0.3, 0.4) is 0 Å². The molecule has 0 atom stereocenters. The quantitative estimate of drug-likeness (QED) is 0.533. The van der Waals surface area contributed by atoms with E-state index in [-0.39, 0.29) is 0 Å². The molecule has 2 aromatic rings. The van der Waals surface area contributed by atoms with Gasteiger partial charge in [0.1, 0.15) is 0 Å². The molecule has 0 saturated heterocycles. The van der Waals surface area contributed by atoms with E-state index < -0.39 is 0 Å². The van der Waals surface area contributed by atoms with Crippen molar-refractivity contribution in [3.8, 4) is 0 Å². The Hall–Kier alpha value is 0.200. The van der Waals surface area contributed by atoms with E-state index in [0.29, 0.717) is 5.88 Å². The number of alkyl halides is 1. The fourth-order valence-corrected chi connectivity index (χ4v) is 3.22. The first-order valence-electron chi connectivity index (χ1n) is 3.95. The number of fused-ring (bicyclic) bond motifs is 1. The molecule has 0 fully saturated rings. The molecule has 0 unspecified atom stereocenters. The van der Waals surface area contributed by atoms with E-state index in [4.69, 9.17) is 11.6 Å². The Morgan fingerprint density at radius 3 is 2.92 bits per heavy atom. The van der Waals surface area contributed by atoms with E-state index in [9.17, 15) is 0 Å². The number of benzene rings is 1. The molecule has 0 radical (unpaired) electrons. The molecule has 0 amide bonds. The van der Waals surface area contributed by atoms with Gasteiger partial charge in [0.25, 0.3) is 0 Å². The molecule has 0 saturated carbocycles. The smallest absolute Gasteiger partial charge is 0.0488 e. The second-order valence-corrected chi connectivity index (χ2v) is 5.28. The number of aryl methyl sites for hydroxylation is 1. The highest BCUT2D eigenvalue weighted by Crippen LogP contribution is 2.32. The molecule has 0 spiro atoms. The van der Waals surface area contributed by atoms with Gasteiger partial charge < -0.3 is 0 Å². The molecular formula is C10H8ClIS. The van der Waals surface area contributed by atoms with Crippen LogP contribution in [0.2, 0.25) is 0 Å². The minimum absolute atomic E-state index is 0.612. The summed E-state index contributed by atoms with van der Waals surface area (Å²) in [5, 5.41) is 3.51. The molecule has 3 heteroatoms. The third kappa shape index (κ3) is 1.60. The Balaban J connectivity index is 2.85. The zero-order chi connectivity index (χ0) is 9.42. The van der Waals surface area contributed by atoms with Crippen LogP contribution in [0.1, 0.15) is 11.1 Å². The van der Waals surface area contributed by atoms with Gasteiger partial charge in [-0.1, -0.05) is 0 Å². The van der Waals surface area contributed by atoms with Crippen LogP contribution in [0.25, 0.3) is 10.1 Å². The molecule has 0 N–H and O–H groups in total. The van der Waals surface area contributed by atoms with Crippen LogP contribution in [0.15, 0.2) is 17.5 Å². The maximum absolute atomic E-state index is 5.88. The highest BCUT2D eigenvalue weighted by atomic mass is 127. The van der Waals surface area contributed by atoms with E-state index in [1.165, 1.54) is 24.8 Å². The normalized spacial score (nSPS) is 11.0. The average Bonchev–Trinajstić information content (AvgIpc) is 2.55. The standard InChI is InChI=1S/C10H8ClIS/c1-6-8(12)2-3-9-10(6)7(4-11)5-13-9/h2-3,5H,4H2,1H3. The Morgan fingerprint density at radius 2 is 2.23 bits per heavy atom. The van der Waals surface area contributed by atoms with Crippen LogP contribution in [-0.2, 0) is 5.88 Å². The Bertz CT molecular complexity index is 447. The topological polar surface area (TPSA) is 0 Å². The van der Waals surface area contributed by atoms with E-state index >= 15 is 0 Å². The number of hydrogen-bond acceptors (Lipinski definition) is 1. The van der Waals surface area contributed by atoms with Gasteiger partial charge in [0, 0.05) is 19.5 Å². The molecule has 0 aliphatic rings. The lowest BCUT2D eigenvalue weighted by atomic mass is 10.1. The van der Waals surface area contributed by atoms with Crippen molar-refractivity contribution in [3.05, 3.63) is 32.2 Å². The lowest BCUT2D eigenvalue weighted by Gasteiger charge is -2.01. The van der Waals surface area contributed by atoms with Crippen LogP contribution in [0, 0.1) is 10.5 Å². The summed E-state index contributed by atoms with van der Waals surface area (Å²) in [6.07, 6.45) is 0. The van der Waals surface area contributed by atoms with Crippen LogP contribution in [0.5, 0.6) is 0 Å². The SMILES string of the molecule is Cc1c(I)ccc2scc(CCl)c12. The summed E-state index contributed by atoms with van der Waals surface area (Å²) < 4.78 is 2.66. The number of halogens is 2. The van der Waals surface area contributed by atoms with Crippen molar-refractivity contribution < 1.29 is 0 Å². The number of hydrogen-bond donors (Lipinski definition) is 0. The summed E-state index contributed by atoms with van der Waals surface area (Å²) >= 11 is 10.0. The molecule has 13 heavy (non-hydrogen) atoms. The molecule has 0 bridgehead atoms. The zero-order valence-electron chi connectivity index (χ0n) is 7.10. The predicted molar refractivity (Wildman–Crippen MR) is 68.8 cm³/mol. The third-order valence-electron chi connectivity index (χ3n) is 2.15. The van der Waals surface area contributed by atoms with Gasteiger partial charge in [0.05, 0.1) is 0 Å². The molecule has 1 aromatic heterocycles. The summed E-state index contributed by atoms with van der Waals surface area (Å²) in [4.78, 5) is 0. The summed E-state index contributed by atoms with van der Waals surface area (Å²) in [6.45, 7) is 2.16. The zero-order valence-corrected chi connectivity index (χ0v) is 10.8. The predicted octanol–water partition coefficient (Wildman–Crippen LogP) is 4.55. The fraction of sp³-hybridized carbons (Fsp3) is 0.200. The molecule has 1 heterocycles. The maximum atomic E-state index is 5.88. The largest absolute Gasteiger partial charge is 0.143 e. The Labute approximate surface area is 100 Å². The van der Waals surface area contributed by atoms with Crippen LogP contribution in [-0.4, -0.2) is 0 Å². The first-order valence-corrected chi connectivity index (χ1v) is 6.44. The van der Waals surface area contributed by atoms with E-state index in [0.717, 1.165) is 0 Å². The van der Waals surface area contributed by atoms with Crippen molar-refractivity contribution in [1.82, 2.24) is 0 Å². The van der Waals surface area contributed by atoms with E-state index in [2.05, 4.69) is 47.0 Å². The molecule has 0 aliphatic carbocycles. The minimum Gasteiger partial charge on any atom is -0.143 e. The van der Waals surface area contributed by atoms with Crippen molar-refractivity contribution in [2.45, 2.75) is 12.8 Å². The van der Waals surface area contributed by atoms with Gasteiger partial charge in [-0.05, 0) is 58.2 Å². The molecule has 2 rings (SSSR count). The molecule has 0 aliphatic heterocycles. The summed E-state index contributed by atoms with van der Waals surface area (Å²) in [7, 11) is 0. The lowest BCUT2D eigenvalue weighted by molar-refractivity contribution is 1.43. The van der Waals surface area contributed by atoms with E-state index in [1.807, 2.05) is 0 Å². The van der Waals surface area contributed by atoms with Gasteiger partial charge in [-0.2, -0.15) is 0 Å². The van der Waals surface area contributed by atoms with Crippen molar-refractivity contribution >= 4 is 55.6 Å². The van der Waals surface area contributed by atoms with Gasteiger partial charge in [0.2, 0.25) is 0 Å². The second kappa shape index (κ2) is 3.75. The number of thiophene rings is 1. The van der Waals surface area contributed by atoms with Crippen LogP contribution < -0.4 is 0 Å². The van der Waals surface area contributed by atoms with Crippen molar-refractivity contribution in [1.29, 1.82) is 0 Å². The van der Waals surface area contributed by atoms with Crippen molar-refractivity contribution in [3.63, 3.8) is 0 Å².